The van der Waals surface area contributed by atoms with Gasteiger partial charge in [0.2, 0.25) is 0 Å². The largest absolute Gasteiger partial charge is 0.313 e. The van der Waals surface area contributed by atoms with Crippen molar-refractivity contribution in [3.05, 3.63) is 108 Å². The summed E-state index contributed by atoms with van der Waals surface area (Å²) in [5.41, 5.74) is 1.31. The zero-order chi connectivity index (χ0) is 16.3. The lowest BCUT2D eigenvalue weighted by Crippen LogP contribution is -2.37. The van der Waals surface area contributed by atoms with Crippen LogP contribution in [0, 0.1) is 0 Å². The fourth-order valence-electron chi connectivity index (χ4n) is 2.95. The molecule has 0 aliphatic rings. The van der Waals surface area contributed by atoms with Gasteiger partial charge in [0.05, 0.1) is 0 Å². The van der Waals surface area contributed by atoms with Crippen molar-refractivity contribution in [1.82, 2.24) is 0 Å². The molecule has 0 spiro atoms. The lowest BCUT2D eigenvalue weighted by molar-refractivity contribution is 0.395. The van der Waals surface area contributed by atoms with Gasteiger partial charge in [0, 0.05) is 0 Å². The highest BCUT2D eigenvalue weighted by Crippen LogP contribution is 2.43. The van der Waals surface area contributed by atoms with E-state index in [0.717, 1.165) is 0 Å². The van der Waals surface area contributed by atoms with Gasteiger partial charge in [0.1, 0.15) is 0 Å². The van der Waals surface area contributed by atoms with E-state index in [4.69, 9.17) is 0 Å². The SMILES string of the molecule is [O]S(=O)(=O)C(c1ccccc1)(c1ccccc1)c1ccccc1. The van der Waals surface area contributed by atoms with Gasteiger partial charge >= 0.3 is 10.1 Å². The molecule has 0 aliphatic heterocycles. The molecular weight excluding hydrogens is 308 g/mol. The van der Waals surface area contributed by atoms with Crippen molar-refractivity contribution in [2.24, 2.45) is 0 Å². The molecule has 1 radical (unpaired) electrons. The Morgan fingerprint density at radius 1 is 0.522 bits per heavy atom. The summed E-state index contributed by atoms with van der Waals surface area (Å²) in [6.45, 7) is 0. The monoisotopic (exact) mass is 323 g/mol. The molecule has 3 nitrogen and oxygen atoms in total. The van der Waals surface area contributed by atoms with Crippen LogP contribution in [-0.2, 0) is 19.4 Å². The lowest BCUT2D eigenvalue weighted by atomic mass is 9.84. The van der Waals surface area contributed by atoms with Crippen LogP contribution < -0.4 is 0 Å². The Balaban J connectivity index is 2.46. The second-order valence-corrected chi connectivity index (χ2v) is 6.75. The fourth-order valence-corrected chi connectivity index (χ4v) is 4.23. The van der Waals surface area contributed by atoms with Crippen LogP contribution in [0.3, 0.4) is 0 Å². The first-order chi connectivity index (χ1) is 11.1. The summed E-state index contributed by atoms with van der Waals surface area (Å²) in [7, 11) is -4.74. The molecule has 0 saturated heterocycles. The van der Waals surface area contributed by atoms with Crippen LogP contribution >= 0.6 is 0 Å². The van der Waals surface area contributed by atoms with Gasteiger partial charge < -0.3 is 0 Å². The molecular formula is C19H15O3S. The van der Waals surface area contributed by atoms with E-state index in [0.29, 0.717) is 16.7 Å². The van der Waals surface area contributed by atoms with Gasteiger partial charge in [-0.2, -0.15) is 8.42 Å². The first-order valence-electron chi connectivity index (χ1n) is 7.19. The van der Waals surface area contributed by atoms with Crippen LogP contribution in [0.4, 0.5) is 0 Å². The van der Waals surface area contributed by atoms with E-state index in [1.165, 1.54) is 0 Å². The summed E-state index contributed by atoms with van der Waals surface area (Å²) in [6, 6.07) is 25.9. The molecule has 0 amide bonds. The van der Waals surface area contributed by atoms with E-state index in [2.05, 4.69) is 0 Å². The molecule has 3 aromatic rings. The number of benzene rings is 3. The minimum Gasteiger partial charge on any atom is -0.195 e. The van der Waals surface area contributed by atoms with E-state index in [9.17, 15) is 13.0 Å². The van der Waals surface area contributed by atoms with Gasteiger partial charge in [-0.25, -0.2) is 0 Å². The molecule has 23 heavy (non-hydrogen) atoms. The van der Waals surface area contributed by atoms with Gasteiger partial charge in [-0.15, -0.1) is 0 Å². The van der Waals surface area contributed by atoms with E-state index in [-0.39, 0.29) is 0 Å². The molecule has 0 unspecified atom stereocenters. The van der Waals surface area contributed by atoms with Crippen molar-refractivity contribution in [3.8, 4) is 0 Å². The Morgan fingerprint density at radius 2 is 0.783 bits per heavy atom. The molecule has 0 saturated carbocycles. The molecule has 0 aromatic heterocycles. The third-order valence-electron chi connectivity index (χ3n) is 3.92. The molecule has 0 bridgehead atoms. The lowest BCUT2D eigenvalue weighted by Gasteiger charge is -2.31. The van der Waals surface area contributed by atoms with Crippen LogP contribution in [-0.4, -0.2) is 8.42 Å². The highest BCUT2D eigenvalue weighted by molar-refractivity contribution is 7.87. The Labute approximate surface area is 136 Å². The molecule has 3 rings (SSSR count). The van der Waals surface area contributed by atoms with Gasteiger partial charge in [0.25, 0.3) is 0 Å². The van der Waals surface area contributed by atoms with Crippen molar-refractivity contribution in [2.45, 2.75) is 4.75 Å². The van der Waals surface area contributed by atoms with Crippen LogP contribution in [0.2, 0.25) is 0 Å². The van der Waals surface area contributed by atoms with Gasteiger partial charge in [-0.3, -0.25) is 0 Å². The maximum absolute atomic E-state index is 12.5. The molecule has 3 aromatic carbocycles. The van der Waals surface area contributed by atoms with Crippen molar-refractivity contribution in [2.75, 3.05) is 0 Å². The zero-order valence-electron chi connectivity index (χ0n) is 12.3. The van der Waals surface area contributed by atoms with Gasteiger partial charge in [0.15, 0.2) is 4.75 Å². The summed E-state index contributed by atoms with van der Waals surface area (Å²) in [6.07, 6.45) is 0. The summed E-state index contributed by atoms with van der Waals surface area (Å²) in [5, 5.41) is 0. The predicted molar refractivity (Wildman–Crippen MR) is 88.8 cm³/mol. The maximum atomic E-state index is 12.5. The average Bonchev–Trinajstić information content (AvgIpc) is 2.57. The van der Waals surface area contributed by atoms with E-state index < -0.39 is 14.9 Å². The zero-order valence-corrected chi connectivity index (χ0v) is 13.1. The third-order valence-corrected chi connectivity index (χ3v) is 5.37. The maximum Gasteiger partial charge on any atom is 0.313 e. The Kier molecular flexibility index (Phi) is 4.03. The van der Waals surface area contributed by atoms with Crippen molar-refractivity contribution in [1.29, 1.82) is 0 Å². The second kappa shape index (κ2) is 5.99. The first-order valence-corrected chi connectivity index (χ1v) is 8.59. The van der Waals surface area contributed by atoms with Crippen molar-refractivity contribution in [3.63, 3.8) is 0 Å². The van der Waals surface area contributed by atoms with Gasteiger partial charge in [-0.05, 0) is 16.7 Å². The molecule has 0 fully saturated rings. The molecule has 4 heteroatoms. The van der Waals surface area contributed by atoms with Crippen LogP contribution in [0.5, 0.6) is 0 Å². The third kappa shape index (κ3) is 2.56. The molecule has 0 aliphatic carbocycles. The highest BCUT2D eigenvalue weighted by Gasteiger charge is 2.49. The summed E-state index contributed by atoms with van der Waals surface area (Å²) < 4.78 is 35.7. The predicted octanol–water partition coefficient (Wildman–Crippen LogP) is 3.74. The van der Waals surface area contributed by atoms with Crippen molar-refractivity contribution >= 4 is 10.1 Å². The standard InChI is InChI=1S/C19H15O3S/c20-23(21,22)19(16-10-4-1-5-11-16,17-12-6-2-7-13-17)18-14-8-3-9-15-18/h1-15H. The molecule has 115 valence electrons. The summed E-state index contributed by atoms with van der Waals surface area (Å²) in [4.78, 5) is 0. The molecule has 0 heterocycles. The smallest absolute Gasteiger partial charge is 0.195 e. The Bertz CT molecular complexity index is 777. The van der Waals surface area contributed by atoms with E-state index in [1.54, 1.807) is 91.0 Å². The minimum atomic E-state index is -4.74. The fraction of sp³-hybridized carbons (Fsp3) is 0.0526. The minimum absolute atomic E-state index is 0.437. The van der Waals surface area contributed by atoms with Crippen LogP contribution in [0.15, 0.2) is 91.0 Å². The molecule has 0 atom stereocenters. The average molecular weight is 323 g/mol. The van der Waals surface area contributed by atoms with Crippen LogP contribution in [0.1, 0.15) is 16.7 Å². The van der Waals surface area contributed by atoms with Crippen LogP contribution in [0.25, 0.3) is 0 Å². The van der Waals surface area contributed by atoms with E-state index >= 15 is 0 Å². The summed E-state index contributed by atoms with van der Waals surface area (Å²) >= 11 is 0. The van der Waals surface area contributed by atoms with Crippen molar-refractivity contribution < 1.29 is 13.0 Å². The van der Waals surface area contributed by atoms with Gasteiger partial charge in [-0.1, -0.05) is 95.5 Å². The Hall–Kier alpha value is -2.43. The summed E-state index contributed by atoms with van der Waals surface area (Å²) in [5.74, 6) is 0. The highest BCUT2D eigenvalue weighted by atomic mass is 32.2. The normalized spacial score (nSPS) is 12.0. The number of rotatable bonds is 4. The second-order valence-electron chi connectivity index (χ2n) is 5.23. The number of hydrogen-bond acceptors (Lipinski definition) is 2. The Morgan fingerprint density at radius 3 is 1.00 bits per heavy atom. The van der Waals surface area contributed by atoms with E-state index in [1.807, 2.05) is 0 Å². The number of hydrogen-bond donors (Lipinski definition) is 0. The topological polar surface area (TPSA) is 54.0 Å². The first kappa shape index (κ1) is 15.5. The molecule has 0 N–H and O–H groups in total. The quantitative estimate of drug-likeness (QED) is 0.687.